The number of guanidine groups is 1. The van der Waals surface area contributed by atoms with Crippen LogP contribution in [-0.4, -0.2) is 58.0 Å². The number of aliphatic imine (C=N–C) groups is 1. The number of halogens is 1. The number of carbonyl (C=O) groups is 1. The number of rotatable bonds is 10. The monoisotopic (exact) mass is 516 g/mol. The predicted octanol–water partition coefficient (Wildman–Crippen LogP) is 2.07. The molecular weight excluding hydrogens is 479 g/mol. The minimum Gasteiger partial charge on any atom is -0.357 e. The highest BCUT2D eigenvalue weighted by Gasteiger charge is 2.16. The molecule has 0 saturated heterocycles. The van der Waals surface area contributed by atoms with Crippen molar-refractivity contribution in [3.63, 3.8) is 0 Å². The molecule has 1 saturated carbocycles. The second-order valence-corrected chi connectivity index (χ2v) is 9.54. The number of amides is 1. The first-order valence-electron chi connectivity index (χ1n) is 9.79. The van der Waals surface area contributed by atoms with Gasteiger partial charge in [0, 0.05) is 31.8 Å². The third-order valence-corrected chi connectivity index (χ3v) is 5.53. The van der Waals surface area contributed by atoms with Crippen molar-refractivity contribution in [3.8, 4) is 0 Å². The molecule has 1 aliphatic rings. The van der Waals surface area contributed by atoms with Gasteiger partial charge in [-0.2, -0.15) is 0 Å². The van der Waals surface area contributed by atoms with E-state index >= 15 is 0 Å². The van der Waals surface area contributed by atoms with Crippen LogP contribution in [0.3, 0.4) is 0 Å². The zero-order chi connectivity index (χ0) is 19.4. The fraction of sp³-hybridized carbons (Fsp3) is 0.889. The third kappa shape index (κ3) is 14.1. The first-order valence-corrected chi connectivity index (χ1v) is 11.9. The Morgan fingerprint density at radius 1 is 1.19 bits per heavy atom. The highest BCUT2D eigenvalue weighted by atomic mass is 127. The van der Waals surface area contributed by atoms with Crippen LogP contribution >= 0.6 is 24.0 Å². The summed E-state index contributed by atoms with van der Waals surface area (Å²) in [5.41, 5.74) is 0. The summed E-state index contributed by atoms with van der Waals surface area (Å²) in [6.45, 7) is 5.64. The number of carbonyl (C=O) groups excluding carboxylic acids is 1. The van der Waals surface area contributed by atoms with Gasteiger partial charge in [-0.05, 0) is 39.0 Å². The van der Waals surface area contributed by atoms with Gasteiger partial charge < -0.3 is 16.0 Å². The van der Waals surface area contributed by atoms with Crippen molar-refractivity contribution in [2.24, 2.45) is 10.9 Å². The summed E-state index contributed by atoms with van der Waals surface area (Å²) in [4.78, 5) is 16.4. The van der Waals surface area contributed by atoms with E-state index in [0.29, 0.717) is 37.8 Å². The lowest BCUT2D eigenvalue weighted by Crippen LogP contribution is -2.43. The van der Waals surface area contributed by atoms with Crippen LogP contribution in [0.5, 0.6) is 0 Å². The Kier molecular flexibility index (Phi) is 14.1. The molecule has 0 aromatic heterocycles. The van der Waals surface area contributed by atoms with Crippen molar-refractivity contribution in [2.45, 2.75) is 64.8 Å². The van der Waals surface area contributed by atoms with Crippen LogP contribution in [0.1, 0.15) is 58.8 Å². The quantitative estimate of drug-likeness (QED) is 0.179. The van der Waals surface area contributed by atoms with Crippen LogP contribution in [0, 0.1) is 5.92 Å². The van der Waals surface area contributed by atoms with Crippen LogP contribution in [0.25, 0.3) is 0 Å². The maximum Gasteiger partial charge on any atom is 0.220 e. The molecule has 3 N–H and O–H groups in total. The van der Waals surface area contributed by atoms with E-state index in [0.717, 1.165) is 6.54 Å². The van der Waals surface area contributed by atoms with Crippen LogP contribution in [0.15, 0.2) is 4.99 Å². The lowest BCUT2D eigenvalue weighted by molar-refractivity contribution is -0.122. The summed E-state index contributed by atoms with van der Waals surface area (Å²) >= 11 is 0. The van der Waals surface area contributed by atoms with Crippen molar-refractivity contribution in [3.05, 3.63) is 0 Å². The van der Waals surface area contributed by atoms with Gasteiger partial charge in [-0.15, -0.1) is 24.0 Å². The molecule has 0 aromatic rings. The van der Waals surface area contributed by atoms with Gasteiger partial charge in [0.25, 0.3) is 0 Å². The van der Waals surface area contributed by atoms with E-state index in [1.54, 1.807) is 0 Å². The molecule has 0 heterocycles. The number of hydrogen-bond acceptors (Lipinski definition) is 4. The highest BCUT2D eigenvalue weighted by molar-refractivity contribution is 14.0. The van der Waals surface area contributed by atoms with E-state index in [4.69, 9.17) is 0 Å². The molecule has 9 heteroatoms. The summed E-state index contributed by atoms with van der Waals surface area (Å²) in [5, 5.41) is 9.29. The Balaban J connectivity index is 0.00000676. The SMILES string of the molecule is CCNC(=NCCNC(=O)CC1CCCCC1)NC(C)CCS(C)(=O)=O.I. The molecule has 1 fully saturated rings. The van der Waals surface area contributed by atoms with E-state index in [1.807, 2.05) is 13.8 Å². The fourth-order valence-corrected chi connectivity index (χ4v) is 3.89. The topological polar surface area (TPSA) is 99.7 Å². The minimum absolute atomic E-state index is 0. The molecule has 0 spiro atoms. The molecular formula is C18H37IN4O3S. The highest BCUT2D eigenvalue weighted by Crippen LogP contribution is 2.25. The normalized spacial score (nSPS) is 16.9. The minimum atomic E-state index is -2.96. The van der Waals surface area contributed by atoms with E-state index in [-0.39, 0.29) is 41.7 Å². The van der Waals surface area contributed by atoms with E-state index < -0.39 is 9.84 Å². The first kappa shape index (κ1) is 26.4. The van der Waals surface area contributed by atoms with Gasteiger partial charge in [0.15, 0.2) is 5.96 Å². The maximum absolute atomic E-state index is 12.0. The van der Waals surface area contributed by atoms with E-state index in [1.165, 1.54) is 38.4 Å². The molecule has 27 heavy (non-hydrogen) atoms. The molecule has 1 atom stereocenters. The van der Waals surface area contributed by atoms with E-state index in [9.17, 15) is 13.2 Å². The number of hydrogen-bond donors (Lipinski definition) is 3. The fourth-order valence-electron chi connectivity index (χ4n) is 3.11. The van der Waals surface area contributed by atoms with Crippen LogP contribution in [0.2, 0.25) is 0 Å². The Morgan fingerprint density at radius 2 is 1.85 bits per heavy atom. The van der Waals surface area contributed by atoms with Gasteiger partial charge in [0.05, 0.1) is 12.3 Å². The zero-order valence-electron chi connectivity index (χ0n) is 16.9. The summed E-state index contributed by atoms with van der Waals surface area (Å²) in [7, 11) is -2.96. The Labute approximate surface area is 181 Å². The Morgan fingerprint density at radius 3 is 2.44 bits per heavy atom. The largest absolute Gasteiger partial charge is 0.357 e. The van der Waals surface area contributed by atoms with Crippen LogP contribution in [0.4, 0.5) is 0 Å². The van der Waals surface area contributed by atoms with Crippen molar-refractivity contribution in [1.82, 2.24) is 16.0 Å². The first-order chi connectivity index (χ1) is 12.3. The molecule has 1 unspecified atom stereocenters. The van der Waals surface area contributed by atoms with Crippen LogP contribution < -0.4 is 16.0 Å². The average molecular weight is 516 g/mol. The average Bonchev–Trinajstić information content (AvgIpc) is 2.57. The number of sulfone groups is 1. The van der Waals surface area contributed by atoms with Crippen molar-refractivity contribution in [1.29, 1.82) is 0 Å². The van der Waals surface area contributed by atoms with Gasteiger partial charge in [-0.3, -0.25) is 9.79 Å². The van der Waals surface area contributed by atoms with Crippen molar-refractivity contribution < 1.29 is 13.2 Å². The molecule has 1 aliphatic carbocycles. The number of nitrogens with zero attached hydrogens (tertiary/aromatic N) is 1. The zero-order valence-corrected chi connectivity index (χ0v) is 20.1. The smallest absolute Gasteiger partial charge is 0.220 e. The lowest BCUT2D eigenvalue weighted by Gasteiger charge is -2.20. The van der Waals surface area contributed by atoms with Gasteiger partial charge in [-0.25, -0.2) is 8.42 Å². The summed E-state index contributed by atoms with van der Waals surface area (Å²) in [5.74, 6) is 1.46. The Hall–Kier alpha value is -0.580. The molecule has 1 rings (SSSR count). The summed E-state index contributed by atoms with van der Waals surface area (Å²) in [6, 6.07) is 0.00316. The molecule has 0 radical (unpaired) electrons. The van der Waals surface area contributed by atoms with Gasteiger partial charge in [-0.1, -0.05) is 19.3 Å². The van der Waals surface area contributed by atoms with Gasteiger partial charge in [0.1, 0.15) is 9.84 Å². The van der Waals surface area contributed by atoms with Crippen molar-refractivity contribution in [2.75, 3.05) is 31.6 Å². The lowest BCUT2D eigenvalue weighted by atomic mass is 9.87. The standard InChI is InChI=1S/C18H36N4O3S.HI/c1-4-19-18(22-15(2)10-13-26(3,24)25)21-12-11-20-17(23)14-16-8-6-5-7-9-16;/h15-16H,4-14H2,1-3H3,(H,20,23)(H2,19,21,22);1H. The predicted molar refractivity (Wildman–Crippen MR) is 123 cm³/mol. The van der Waals surface area contributed by atoms with Crippen molar-refractivity contribution >= 4 is 45.7 Å². The molecule has 1 amide bonds. The van der Waals surface area contributed by atoms with Gasteiger partial charge >= 0.3 is 0 Å². The molecule has 0 aromatic carbocycles. The summed E-state index contributed by atoms with van der Waals surface area (Å²) in [6.07, 6.45) is 8.54. The third-order valence-electron chi connectivity index (χ3n) is 4.55. The van der Waals surface area contributed by atoms with E-state index in [2.05, 4.69) is 20.9 Å². The van der Waals surface area contributed by atoms with Crippen LogP contribution in [-0.2, 0) is 14.6 Å². The number of nitrogens with one attached hydrogen (secondary N) is 3. The Bertz CT molecular complexity index is 549. The molecule has 0 aliphatic heterocycles. The van der Waals surface area contributed by atoms with Gasteiger partial charge in [0.2, 0.25) is 5.91 Å². The second-order valence-electron chi connectivity index (χ2n) is 7.28. The maximum atomic E-state index is 12.0. The molecule has 7 nitrogen and oxygen atoms in total. The second kappa shape index (κ2) is 14.4. The molecule has 160 valence electrons. The summed E-state index contributed by atoms with van der Waals surface area (Å²) < 4.78 is 22.5. The molecule has 0 bridgehead atoms.